The Morgan fingerprint density at radius 1 is 0.680 bits per heavy atom. The molecule has 1 aromatic heterocycles. The highest BCUT2D eigenvalue weighted by atomic mass is 32.2. The summed E-state index contributed by atoms with van der Waals surface area (Å²) in [6.45, 7) is 5.84. The maximum Gasteiger partial charge on any atom is 0.268 e. The molecule has 2 atom stereocenters. The van der Waals surface area contributed by atoms with E-state index in [0.29, 0.717) is 17.4 Å². The summed E-state index contributed by atoms with van der Waals surface area (Å²) in [5, 5.41) is 5.23. The van der Waals surface area contributed by atoms with Crippen LogP contribution in [0.1, 0.15) is 43.6 Å². The molecule has 0 unspecified atom stereocenters. The van der Waals surface area contributed by atoms with Gasteiger partial charge in [0.15, 0.2) is 0 Å². The zero-order valence-electron chi connectivity index (χ0n) is 28.2. The van der Waals surface area contributed by atoms with Crippen LogP contribution in [0.2, 0.25) is 0 Å². The molecule has 7 aromatic rings. The van der Waals surface area contributed by atoms with Crippen molar-refractivity contribution in [1.82, 2.24) is 8.69 Å². The molecular weight excluding hydrogens is 676 g/mol. The van der Waals surface area contributed by atoms with Gasteiger partial charge in [0.25, 0.3) is 10.0 Å². The quantitative estimate of drug-likeness (QED) is 0.144. The molecule has 8 heteroatoms. The third-order valence-corrected chi connectivity index (χ3v) is 14.7. The van der Waals surface area contributed by atoms with Crippen LogP contribution >= 0.6 is 7.92 Å². The molecule has 5 nitrogen and oxygen atoms in total. The molecule has 0 saturated carbocycles. The number of rotatable bonds is 10. The number of hydrogen-bond donors (Lipinski definition) is 1. The fraction of sp³-hybridized carbons (Fsp3) is 0.143. The number of aromatic nitrogens is 1. The first-order chi connectivity index (χ1) is 24.1. The Morgan fingerprint density at radius 2 is 1.22 bits per heavy atom. The molecule has 252 valence electrons. The molecule has 0 spiro atoms. The number of nitrogens with one attached hydrogen (secondary N) is 1. The van der Waals surface area contributed by atoms with Crippen molar-refractivity contribution < 1.29 is 12.6 Å². The highest BCUT2D eigenvalue weighted by molar-refractivity contribution is 7.90. The van der Waals surface area contributed by atoms with Gasteiger partial charge in [-0.1, -0.05) is 133 Å². The summed E-state index contributed by atoms with van der Waals surface area (Å²) >= 11 is 0. The normalized spacial score (nSPS) is 13.5. The Bertz CT molecular complexity index is 2370. The highest BCUT2D eigenvalue weighted by Crippen LogP contribution is 2.45. The molecule has 0 fully saturated rings. The van der Waals surface area contributed by atoms with Gasteiger partial charge in [0, 0.05) is 22.8 Å². The summed E-state index contributed by atoms with van der Waals surface area (Å²) < 4.78 is 48.5. The minimum absolute atomic E-state index is 0.214. The van der Waals surface area contributed by atoms with E-state index in [1.54, 1.807) is 28.2 Å². The summed E-state index contributed by atoms with van der Waals surface area (Å²) in [6, 6.07) is 50.9. The number of benzene rings is 6. The van der Waals surface area contributed by atoms with Crippen LogP contribution in [0.15, 0.2) is 163 Å². The lowest BCUT2D eigenvalue weighted by atomic mass is 9.95. The van der Waals surface area contributed by atoms with Gasteiger partial charge in [0.2, 0.25) is 0 Å². The fourth-order valence-electron chi connectivity index (χ4n) is 6.39. The van der Waals surface area contributed by atoms with E-state index in [1.807, 2.05) is 99.6 Å². The van der Waals surface area contributed by atoms with Crippen molar-refractivity contribution in [2.24, 2.45) is 0 Å². The number of para-hydroxylation sites is 1. The Kier molecular flexibility index (Phi) is 9.60. The molecule has 50 heavy (non-hydrogen) atoms. The van der Waals surface area contributed by atoms with Gasteiger partial charge in [-0.3, -0.25) is 0 Å². The summed E-state index contributed by atoms with van der Waals surface area (Å²) in [4.78, 5) is 0.214. The Morgan fingerprint density at radius 3 is 1.84 bits per heavy atom. The van der Waals surface area contributed by atoms with Gasteiger partial charge < -0.3 is 0 Å². The van der Waals surface area contributed by atoms with Crippen LogP contribution < -0.4 is 15.3 Å². The molecule has 6 aromatic carbocycles. The van der Waals surface area contributed by atoms with Crippen molar-refractivity contribution in [2.75, 3.05) is 0 Å². The van der Waals surface area contributed by atoms with Crippen LogP contribution in [0.3, 0.4) is 0 Å². The second-order valence-electron chi connectivity index (χ2n) is 13.3. The van der Waals surface area contributed by atoms with Crippen molar-refractivity contribution in [2.45, 2.75) is 42.6 Å². The summed E-state index contributed by atoms with van der Waals surface area (Å²) in [5.74, 6) is 0. The summed E-state index contributed by atoms with van der Waals surface area (Å²) in [6.07, 6.45) is 0.438. The Hall–Kier alpha value is -4.39. The first kappa shape index (κ1) is 34.1. The van der Waals surface area contributed by atoms with Crippen LogP contribution in [0, 0.1) is 0 Å². The lowest BCUT2D eigenvalue weighted by Gasteiger charge is -2.27. The minimum atomic E-state index is -4.07. The van der Waals surface area contributed by atoms with E-state index in [0.717, 1.165) is 37.9 Å². The Balaban J connectivity index is 1.57. The lowest BCUT2D eigenvalue weighted by Crippen LogP contribution is -2.36. The predicted molar refractivity (Wildman–Crippen MR) is 211 cm³/mol. The topological polar surface area (TPSA) is 68.2 Å². The number of fused-ring (bicyclic) bond motifs is 2. The molecule has 0 radical (unpaired) electrons. The molecule has 0 saturated heterocycles. The zero-order valence-corrected chi connectivity index (χ0v) is 30.8. The molecule has 0 aliphatic rings. The first-order valence-corrected chi connectivity index (χ1v) is 20.7. The molecule has 0 amide bonds. The standard InChI is InChI=1S/C42H39N2O3PS2/c1-42(2,3)49(45)43-41(33-28-27-31-17-13-14-18-32(31)29-33)40-37-25-15-16-26-38(37)44(50(46,47)36-23-11-6-12-24-36)39(40)30-48(34-19-7-4-8-20-34)35-21-9-5-10-22-35/h4-29,41,43H,30H2,1-3H3/t41-,49+/m0/s1. The van der Waals surface area contributed by atoms with E-state index in [4.69, 9.17) is 0 Å². The molecule has 1 heterocycles. The van der Waals surface area contributed by atoms with E-state index < -0.39 is 39.7 Å². The maximum absolute atomic E-state index is 14.9. The zero-order chi connectivity index (χ0) is 34.9. The van der Waals surface area contributed by atoms with Crippen molar-refractivity contribution in [3.05, 3.63) is 175 Å². The molecule has 0 aliphatic carbocycles. The van der Waals surface area contributed by atoms with Gasteiger partial charge in [-0.2, -0.15) is 0 Å². The van der Waals surface area contributed by atoms with Gasteiger partial charge in [0.1, 0.15) is 0 Å². The average molecular weight is 715 g/mol. The van der Waals surface area contributed by atoms with Crippen molar-refractivity contribution >= 4 is 61.2 Å². The summed E-state index contributed by atoms with van der Waals surface area (Å²) in [5.41, 5.74) is 2.98. The van der Waals surface area contributed by atoms with E-state index in [9.17, 15) is 12.6 Å². The first-order valence-electron chi connectivity index (χ1n) is 16.6. The second kappa shape index (κ2) is 14.1. The molecular formula is C42H39N2O3PS2. The average Bonchev–Trinajstić information content (AvgIpc) is 3.47. The molecule has 0 aliphatic heterocycles. The van der Waals surface area contributed by atoms with Crippen molar-refractivity contribution in [1.29, 1.82) is 0 Å². The monoisotopic (exact) mass is 714 g/mol. The highest BCUT2D eigenvalue weighted by Gasteiger charge is 2.35. The van der Waals surface area contributed by atoms with Gasteiger partial charge in [-0.15, -0.1) is 0 Å². The molecule has 7 rings (SSSR count). The number of hydrogen-bond acceptors (Lipinski definition) is 3. The molecule has 0 bridgehead atoms. The largest absolute Gasteiger partial charge is 0.268 e. The predicted octanol–water partition coefficient (Wildman–Crippen LogP) is 8.81. The SMILES string of the molecule is CC(C)(C)[S@@](=O)N[C@@H](c1ccc2ccccc2c1)c1c(CP(c2ccccc2)c2ccccc2)n(S(=O)(=O)c2ccccc2)c2ccccc12. The van der Waals surface area contributed by atoms with Crippen LogP contribution in [-0.2, 0) is 27.2 Å². The van der Waals surface area contributed by atoms with Crippen molar-refractivity contribution in [3.8, 4) is 0 Å². The Labute approximate surface area is 298 Å². The fourth-order valence-corrected chi connectivity index (χ4v) is 11.2. The van der Waals surface area contributed by atoms with E-state index in [-0.39, 0.29) is 4.90 Å². The van der Waals surface area contributed by atoms with Crippen LogP contribution in [0.25, 0.3) is 21.7 Å². The lowest BCUT2D eigenvalue weighted by molar-refractivity contribution is 0.587. The smallest absolute Gasteiger partial charge is 0.242 e. The van der Waals surface area contributed by atoms with E-state index >= 15 is 0 Å². The second-order valence-corrected chi connectivity index (χ2v) is 19.2. The van der Waals surface area contributed by atoms with E-state index in [2.05, 4.69) is 59.3 Å². The van der Waals surface area contributed by atoms with Crippen LogP contribution in [0.5, 0.6) is 0 Å². The van der Waals surface area contributed by atoms with Gasteiger partial charge in [0.05, 0.1) is 32.2 Å². The van der Waals surface area contributed by atoms with Crippen LogP contribution in [-0.4, -0.2) is 21.3 Å². The third kappa shape index (κ3) is 6.71. The molecule has 1 N–H and O–H groups in total. The van der Waals surface area contributed by atoms with Gasteiger partial charge in [-0.05, 0) is 79.9 Å². The number of nitrogens with zero attached hydrogens (tertiary/aromatic N) is 1. The van der Waals surface area contributed by atoms with Gasteiger partial charge >= 0.3 is 0 Å². The summed E-state index contributed by atoms with van der Waals surface area (Å²) in [7, 11) is -6.62. The van der Waals surface area contributed by atoms with Crippen LogP contribution in [0.4, 0.5) is 0 Å². The maximum atomic E-state index is 14.9. The third-order valence-electron chi connectivity index (χ3n) is 8.87. The minimum Gasteiger partial charge on any atom is -0.242 e. The van der Waals surface area contributed by atoms with Crippen molar-refractivity contribution in [3.63, 3.8) is 0 Å². The van der Waals surface area contributed by atoms with Gasteiger partial charge in [-0.25, -0.2) is 21.3 Å². The van der Waals surface area contributed by atoms with E-state index in [1.165, 1.54) is 0 Å².